The van der Waals surface area contributed by atoms with Crippen LogP contribution in [0.1, 0.15) is 59.3 Å². The van der Waals surface area contributed by atoms with Crippen molar-refractivity contribution in [3.05, 3.63) is 0 Å². The molecule has 2 fully saturated rings. The van der Waals surface area contributed by atoms with Crippen molar-refractivity contribution >= 4 is 0 Å². The lowest BCUT2D eigenvalue weighted by atomic mass is 9.70. The Morgan fingerprint density at radius 2 is 2.06 bits per heavy atom. The fraction of sp³-hybridized carbons (Fsp3) is 1.00. The number of nitrogens with zero attached hydrogens (tertiary/aromatic N) is 1. The fourth-order valence-electron chi connectivity index (χ4n) is 4.01. The van der Waals surface area contributed by atoms with E-state index < -0.39 is 0 Å². The molecular formula is C16H32N2. The highest BCUT2D eigenvalue weighted by molar-refractivity contribution is 4.89. The smallest absolute Gasteiger partial charge is 0.00797 e. The molecule has 0 amide bonds. The molecule has 1 aliphatic carbocycles. The number of hydrogen-bond acceptors (Lipinski definition) is 2. The average molecular weight is 252 g/mol. The van der Waals surface area contributed by atoms with E-state index in [0.29, 0.717) is 11.5 Å². The molecule has 2 aliphatic rings. The van der Waals surface area contributed by atoms with Crippen LogP contribution < -0.4 is 5.73 Å². The number of hydrogen-bond donors (Lipinski definition) is 1. The molecule has 106 valence electrons. The van der Waals surface area contributed by atoms with Gasteiger partial charge in [0.15, 0.2) is 0 Å². The van der Waals surface area contributed by atoms with Gasteiger partial charge in [-0.15, -0.1) is 0 Å². The van der Waals surface area contributed by atoms with Crippen LogP contribution in [0.4, 0.5) is 0 Å². The van der Waals surface area contributed by atoms with Gasteiger partial charge in [0.25, 0.3) is 0 Å². The maximum absolute atomic E-state index is 6.34. The summed E-state index contributed by atoms with van der Waals surface area (Å²) in [6.07, 6.45) is 8.03. The summed E-state index contributed by atoms with van der Waals surface area (Å²) in [6, 6.07) is 0.447. The number of nitrogens with two attached hydrogens (primary N) is 1. The molecule has 1 saturated carbocycles. The Bertz CT molecular complexity index is 262. The van der Waals surface area contributed by atoms with Crippen LogP contribution in [0.5, 0.6) is 0 Å². The van der Waals surface area contributed by atoms with Crippen LogP contribution in [0.2, 0.25) is 0 Å². The second-order valence-corrected chi connectivity index (χ2v) is 7.53. The van der Waals surface area contributed by atoms with E-state index in [9.17, 15) is 0 Å². The third-order valence-electron chi connectivity index (χ3n) is 5.13. The highest BCUT2D eigenvalue weighted by Crippen LogP contribution is 2.38. The molecule has 3 atom stereocenters. The Balaban J connectivity index is 1.82. The van der Waals surface area contributed by atoms with Crippen LogP contribution in [0.25, 0.3) is 0 Å². The first-order chi connectivity index (χ1) is 8.50. The Morgan fingerprint density at radius 3 is 2.78 bits per heavy atom. The minimum absolute atomic E-state index is 0.447. The Hall–Kier alpha value is -0.0800. The zero-order valence-corrected chi connectivity index (χ0v) is 12.6. The van der Waals surface area contributed by atoms with Crippen LogP contribution >= 0.6 is 0 Å². The number of likely N-dealkylation sites (tertiary alicyclic amines) is 1. The predicted molar refractivity (Wildman–Crippen MR) is 78.6 cm³/mol. The van der Waals surface area contributed by atoms with Crippen molar-refractivity contribution in [2.24, 2.45) is 23.0 Å². The van der Waals surface area contributed by atoms with Gasteiger partial charge in [-0.3, -0.25) is 0 Å². The molecule has 2 N–H and O–H groups in total. The van der Waals surface area contributed by atoms with E-state index in [2.05, 4.69) is 25.7 Å². The summed E-state index contributed by atoms with van der Waals surface area (Å²) in [4.78, 5) is 2.69. The normalized spacial score (nSPS) is 37.0. The third-order valence-corrected chi connectivity index (χ3v) is 5.13. The summed E-state index contributed by atoms with van der Waals surface area (Å²) in [6.45, 7) is 11.0. The zero-order valence-electron chi connectivity index (χ0n) is 12.6. The van der Waals surface area contributed by atoms with E-state index in [1.54, 1.807) is 0 Å². The van der Waals surface area contributed by atoms with E-state index in [4.69, 9.17) is 5.73 Å². The molecule has 0 radical (unpaired) electrons. The molecule has 0 spiro atoms. The topological polar surface area (TPSA) is 29.3 Å². The highest BCUT2D eigenvalue weighted by Gasteiger charge is 2.35. The molecule has 1 heterocycles. The second-order valence-electron chi connectivity index (χ2n) is 7.53. The van der Waals surface area contributed by atoms with Gasteiger partial charge in [0.2, 0.25) is 0 Å². The minimum atomic E-state index is 0.447. The van der Waals surface area contributed by atoms with Gasteiger partial charge in [-0.2, -0.15) is 0 Å². The second kappa shape index (κ2) is 5.92. The largest absolute Gasteiger partial charge is 0.327 e. The lowest BCUT2D eigenvalue weighted by Crippen LogP contribution is -2.44. The van der Waals surface area contributed by atoms with Gasteiger partial charge >= 0.3 is 0 Å². The van der Waals surface area contributed by atoms with E-state index in [-0.39, 0.29) is 0 Å². The lowest BCUT2D eigenvalue weighted by molar-refractivity contribution is 0.123. The molecular weight excluding hydrogens is 220 g/mol. The van der Waals surface area contributed by atoms with Crippen LogP contribution in [-0.2, 0) is 0 Å². The average Bonchev–Trinajstić information content (AvgIpc) is 2.72. The first kappa shape index (κ1) is 14.3. The first-order valence-corrected chi connectivity index (χ1v) is 7.98. The van der Waals surface area contributed by atoms with Crippen molar-refractivity contribution < 1.29 is 0 Å². The van der Waals surface area contributed by atoms with Crippen LogP contribution in [-0.4, -0.2) is 30.6 Å². The van der Waals surface area contributed by atoms with Crippen molar-refractivity contribution in [3.63, 3.8) is 0 Å². The monoisotopic (exact) mass is 252 g/mol. The van der Waals surface area contributed by atoms with Crippen LogP contribution in [0.3, 0.4) is 0 Å². The van der Waals surface area contributed by atoms with Crippen LogP contribution in [0.15, 0.2) is 0 Å². The summed E-state index contributed by atoms with van der Waals surface area (Å²) in [5.41, 5.74) is 6.86. The molecule has 3 unspecified atom stereocenters. The summed E-state index contributed by atoms with van der Waals surface area (Å²) in [5, 5.41) is 0. The van der Waals surface area contributed by atoms with Crippen molar-refractivity contribution in [1.82, 2.24) is 4.90 Å². The molecule has 1 saturated heterocycles. The zero-order chi connectivity index (χ0) is 13.2. The maximum atomic E-state index is 6.34. The summed E-state index contributed by atoms with van der Waals surface area (Å²) in [7, 11) is 0. The van der Waals surface area contributed by atoms with Gasteiger partial charge in [-0.25, -0.2) is 0 Å². The third kappa shape index (κ3) is 3.71. The molecule has 1 aliphatic heterocycles. The number of rotatable bonds is 4. The predicted octanol–water partition coefficient (Wildman–Crippen LogP) is 3.26. The molecule has 0 aromatic carbocycles. The standard InChI is InChI=1S/C16H32N2/c1-4-5-13-7-9-18(11-13)12-14-10-16(2,3)8-6-15(14)17/h13-15H,4-12,17H2,1-3H3. The molecule has 2 rings (SSSR count). The molecule has 18 heavy (non-hydrogen) atoms. The van der Waals surface area contributed by atoms with E-state index >= 15 is 0 Å². The molecule has 2 heteroatoms. The molecule has 2 nitrogen and oxygen atoms in total. The molecule has 0 aromatic heterocycles. The van der Waals surface area contributed by atoms with E-state index in [1.165, 1.54) is 58.2 Å². The quantitative estimate of drug-likeness (QED) is 0.832. The van der Waals surface area contributed by atoms with Gasteiger partial charge in [-0.05, 0) is 55.9 Å². The van der Waals surface area contributed by atoms with Gasteiger partial charge in [0.05, 0.1) is 0 Å². The minimum Gasteiger partial charge on any atom is -0.327 e. The highest BCUT2D eigenvalue weighted by atomic mass is 15.1. The van der Waals surface area contributed by atoms with Gasteiger partial charge in [0, 0.05) is 19.1 Å². The van der Waals surface area contributed by atoms with Gasteiger partial charge in [-0.1, -0.05) is 27.2 Å². The Kier molecular flexibility index (Phi) is 4.71. The van der Waals surface area contributed by atoms with Crippen molar-refractivity contribution in [3.8, 4) is 0 Å². The molecule has 0 aromatic rings. The van der Waals surface area contributed by atoms with Gasteiger partial charge < -0.3 is 10.6 Å². The lowest BCUT2D eigenvalue weighted by Gasteiger charge is -2.40. The van der Waals surface area contributed by atoms with E-state index in [0.717, 1.165) is 11.8 Å². The van der Waals surface area contributed by atoms with Crippen LogP contribution in [0, 0.1) is 17.3 Å². The molecule has 0 bridgehead atoms. The Morgan fingerprint density at radius 1 is 1.28 bits per heavy atom. The summed E-state index contributed by atoms with van der Waals surface area (Å²) < 4.78 is 0. The van der Waals surface area contributed by atoms with Gasteiger partial charge in [0.1, 0.15) is 0 Å². The maximum Gasteiger partial charge on any atom is 0.00797 e. The SMILES string of the molecule is CCCC1CCN(CC2CC(C)(C)CCC2N)C1. The summed E-state index contributed by atoms with van der Waals surface area (Å²) >= 11 is 0. The summed E-state index contributed by atoms with van der Waals surface area (Å²) in [5.74, 6) is 1.69. The van der Waals surface area contributed by atoms with Crippen molar-refractivity contribution in [2.75, 3.05) is 19.6 Å². The van der Waals surface area contributed by atoms with E-state index in [1.807, 2.05) is 0 Å². The first-order valence-electron chi connectivity index (χ1n) is 7.98. The fourth-order valence-corrected chi connectivity index (χ4v) is 4.01. The van der Waals surface area contributed by atoms with Crippen molar-refractivity contribution in [1.29, 1.82) is 0 Å². The Labute approximate surface area is 113 Å². The van der Waals surface area contributed by atoms with Crippen molar-refractivity contribution in [2.45, 2.75) is 65.3 Å².